The summed E-state index contributed by atoms with van der Waals surface area (Å²) in [6.07, 6.45) is 0.801. The first-order valence-electron chi connectivity index (χ1n) is 7.87. The molecule has 0 radical (unpaired) electrons. The lowest BCUT2D eigenvalue weighted by Gasteiger charge is -2.02. The van der Waals surface area contributed by atoms with Crippen LogP contribution in [0.25, 0.3) is 5.69 Å². The Morgan fingerprint density at radius 3 is 2.62 bits per heavy atom. The maximum Gasteiger partial charge on any atom is 0.438 e. The van der Waals surface area contributed by atoms with Crippen molar-refractivity contribution in [1.82, 2.24) is 14.7 Å². The number of methoxy groups -OCH3 is 1. The Hall–Kier alpha value is -3.62. The van der Waals surface area contributed by atoms with E-state index < -0.39 is 10.7 Å². The largest absolute Gasteiger partial charge is 0.497 e. The van der Waals surface area contributed by atoms with Gasteiger partial charge in [0, 0.05) is 0 Å². The molecule has 134 valence electrons. The number of hydrogen-bond donors (Lipinski definition) is 1. The molecule has 3 rings (SSSR count). The van der Waals surface area contributed by atoms with Gasteiger partial charge in [-0.15, -0.1) is 0 Å². The maximum atomic E-state index is 11.4. The van der Waals surface area contributed by atoms with Gasteiger partial charge >= 0.3 is 5.82 Å². The Labute approximate surface area is 148 Å². The summed E-state index contributed by atoms with van der Waals surface area (Å²) >= 11 is 0. The van der Waals surface area contributed by atoms with Crippen molar-refractivity contribution in [3.8, 4) is 11.4 Å². The van der Waals surface area contributed by atoms with Crippen LogP contribution in [0, 0.1) is 10.1 Å². The molecule has 0 atom stereocenters. The van der Waals surface area contributed by atoms with E-state index in [4.69, 9.17) is 4.74 Å². The lowest BCUT2D eigenvalue weighted by Crippen LogP contribution is -2.22. The average Bonchev–Trinajstić information content (AvgIpc) is 2.99. The van der Waals surface area contributed by atoms with Crippen LogP contribution in [0.3, 0.4) is 0 Å². The molecule has 0 aliphatic carbocycles. The second kappa shape index (κ2) is 7.09. The van der Waals surface area contributed by atoms with Gasteiger partial charge in [0.1, 0.15) is 11.4 Å². The van der Waals surface area contributed by atoms with Crippen LogP contribution in [-0.2, 0) is 6.42 Å². The van der Waals surface area contributed by atoms with Gasteiger partial charge in [0.2, 0.25) is 0 Å². The minimum atomic E-state index is -0.685. The fourth-order valence-electron chi connectivity index (χ4n) is 2.42. The van der Waals surface area contributed by atoms with Gasteiger partial charge in [0.25, 0.3) is 5.49 Å². The van der Waals surface area contributed by atoms with Crippen molar-refractivity contribution >= 4 is 11.5 Å². The first kappa shape index (κ1) is 17.2. The molecule has 0 saturated carbocycles. The lowest BCUT2D eigenvalue weighted by atomic mass is 10.1. The standard InChI is InChI=1S/C17H17N5O4/c1-3-12-5-4-6-13(11-12)18-16-17(22(24)25)19-20(21(16)23)14-7-9-15(26-2)10-8-14/h4-11,23H,3H2,1-2H3. The van der Waals surface area contributed by atoms with Gasteiger partial charge in [-0.2, -0.15) is 0 Å². The highest BCUT2D eigenvalue weighted by Crippen LogP contribution is 2.17. The first-order chi connectivity index (χ1) is 12.5. The van der Waals surface area contributed by atoms with E-state index in [0.717, 1.165) is 16.8 Å². The average molecular weight is 355 g/mol. The smallest absolute Gasteiger partial charge is 0.438 e. The predicted molar refractivity (Wildman–Crippen MR) is 93.0 cm³/mol. The molecule has 26 heavy (non-hydrogen) atoms. The minimum absolute atomic E-state index is 0.265. The van der Waals surface area contributed by atoms with Crippen LogP contribution in [0.15, 0.2) is 53.5 Å². The zero-order chi connectivity index (χ0) is 18.7. The summed E-state index contributed by atoms with van der Waals surface area (Å²) in [6.45, 7) is 2.00. The number of ether oxygens (including phenoxy) is 1. The summed E-state index contributed by atoms with van der Waals surface area (Å²) in [5, 5.41) is 25.6. The summed E-state index contributed by atoms with van der Waals surface area (Å²) < 4.78 is 5.08. The van der Waals surface area contributed by atoms with Crippen molar-refractivity contribution in [3.05, 3.63) is 69.7 Å². The van der Waals surface area contributed by atoms with E-state index in [1.54, 1.807) is 42.5 Å². The van der Waals surface area contributed by atoms with Gasteiger partial charge in [-0.1, -0.05) is 23.9 Å². The highest BCUT2D eigenvalue weighted by atomic mass is 16.6. The van der Waals surface area contributed by atoms with Crippen molar-refractivity contribution in [3.63, 3.8) is 0 Å². The monoisotopic (exact) mass is 355 g/mol. The Morgan fingerprint density at radius 1 is 1.27 bits per heavy atom. The Morgan fingerprint density at radius 2 is 2.00 bits per heavy atom. The van der Waals surface area contributed by atoms with Crippen LogP contribution in [0.2, 0.25) is 0 Å². The molecule has 0 saturated heterocycles. The zero-order valence-electron chi connectivity index (χ0n) is 14.2. The molecule has 1 aromatic heterocycles. The van der Waals surface area contributed by atoms with E-state index in [0.29, 0.717) is 22.0 Å². The molecule has 3 aromatic rings. The molecule has 0 aliphatic heterocycles. The van der Waals surface area contributed by atoms with Crippen LogP contribution in [0.4, 0.5) is 11.5 Å². The zero-order valence-corrected chi connectivity index (χ0v) is 14.2. The second-order valence-corrected chi connectivity index (χ2v) is 5.42. The Kier molecular flexibility index (Phi) is 4.70. The maximum absolute atomic E-state index is 11.4. The third kappa shape index (κ3) is 3.27. The summed E-state index contributed by atoms with van der Waals surface area (Å²) in [5.41, 5.74) is 1.67. The number of hydrogen-bond acceptors (Lipinski definition) is 6. The minimum Gasteiger partial charge on any atom is -0.497 e. The number of nitro groups is 1. The molecule has 2 aromatic carbocycles. The lowest BCUT2D eigenvalue weighted by molar-refractivity contribution is -0.391. The van der Waals surface area contributed by atoms with Gasteiger partial charge in [-0.05, 0) is 58.1 Å². The molecule has 0 unspecified atom stereocenters. The van der Waals surface area contributed by atoms with E-state index in [9.17, 15) is 15.3 Å². The second-order valence-electron chi connectivity index (χ2n) is 5.42. The number of aromatic nitrogens is 3. The molecular formula is C17H17N5O4. The quantitative estimate of drug-likeness (QED) is 0.430. The Balaban J connectivity index is 2.16. The molecule has 0 bridgehead atoms. The topological polar surface area (TPSA) is 108 Å². The van der Waals surface area contributed by atoms with Crippen molar-refractivity contribution in [2.24, 2.45) is 4.99 Å². The first-order valence-corrected chi connectivity index (χ1v) is 7.87. The van der Waals surface area contributed by atoms with E-state index in [1.807, 2.05) is 13.0 Å². The van der Waals surface area contributed by atoms with E-state index in [1.165, 1.54) is 7.11 Å². The number of nitrogens with zero attached hydrogens (tertiary/aromatic N) is 5. The number of rotatable bonds is 5. The molecule has 0 spiro atoms. The molecule has 0 amide bonds. The van der Waals surface area contributed by atoms with Crippen LogP contribution in [0.5, 0.6) is 5.75 Å². The molecule has 0 fully saturated rings. The summed E-state index contributed by atoms with van der Waals surface area (Å²) in [7, 11) is 1.53. The van der Waals surface area contributed by atoms with Crippen LogP contribution >= 0.6 is 0 Å². The number of aryl methyl sites for hydroxylation is 1. The highest BCUT2D eigenvalue weighted by molar-refractivity contribution is 5.41. The van der Waals surface area contributed by atoms with Crippen molar-refractivity contribution in [1.29, 1.82) is 0 Å². The fourth-order valence-corrected chi connectivity index (χ4v) is 2.42. The summed E-state index contributed by atoms with van der Waals surface area (Å²) in [6, 6.07) is 13.8. The van der Waals surface area contributed by atoms with Crippen LogP contribution in [-0.4, -0.2) is 32.0 Å². The summed E-state index contributed by atoms with van der Waals surface area (Å²) in [4.78, 5) is 16.4. The third-order valence-electron chi connectivity index (χ3n) is 3.79. The molecule has 0 aliphatic rings. The molecule has 1 heterocycles. The van der Waals surface area contributed by atoms with E-state index in [2.05, 4.69) is 10.1 Å². The molecule has 1 N–H and O–H groups in total. The highest BCUT2D eigenvalue weighted by Gasteiger charge is 2.24. The third-order valence-corrected chi connectivity index (χ3v) is 3.79. The number of benzene rings is 2. The SMILES string of the molecule is CCc1cccc(N=c2c([N+](=O)[O-])nn(-c3ccc(OC)cc3)n2O)c1. The normalized spacial score (nSPS) is 11.5. The van der Waals surface area contributed by atoms with E-state index >= 15 is 0 Å². The Bertz CT molecular complexity index is 1000. The van der Waals surface area contributed by atoms with Crippen LogP contribution in [0.1, 0.15) is 12.5 Å². The van der Waals surface area contributed by atoms with E-state index in [-0.39, 0.29) is 5.49 Å². The van der Waals surface area contributed by atoms with Gasteiger partial charge < -0.3 is 20.1 Å². The van der Waals surface area contributed by atoms with Gasteiger partial charge in [0.05, 0.1) is 17.9 Å². The van der Waals surface area contributed by atoms with Gasteiger partial charge in [-0.25, -0.2) is 4.99 Å². The van der Waals surface area contributed by atoms with Crippen LogP contribution < -0.4 is 10.2 Å². The predicted octanol–water partition coefficient (Wildman–Crippen LogP) is 2.62. The van der Waals surface area contributed by atoms with Crippen molar-refractivity contribution in [2.75, 3.05) is 7.11 Å². The summed E-state index contributed by atoms with van der Waals surface area (Å²) in [5.74, 6) is 0.0615. The van der Waals surface area contributed by atoms with Crippen molar-refractivity contribution < 1.29 is 14.9 Å². The molecule has 9 heteroatoms. The van der Waals surface area contributed by atoms with Gasteiger partial charge in [-0.3, -0.25) is 0 Å². The van der Waals surface area contributed by atoms with Gasteiger partial charge in [0.15, 0.2) is 0 Å². The molecular weight excluding hydrogens is 338 g/mol. The fraction of sp³-hybridized carbons (Fsp3) is 0.176. The molecule has 9 nitrogen and oxygen atoms in total. The van der Waals surface area contributed by atoms with Crippen molar-refractivity contribution in [2.45, 2.75) is 13.3 Å².